The van der Waals surface area contributed by atoms with Gasteiger partial charge in [0, 0.05) is 0 Å². The van der Waals surface area contributed by atoms with Crippen molar-refractivity contribution in [3.63, 3.8) is 0 Å². The second-order valence-electron chi connectivity index (χ2n) is 2.00. The Morgan fingerprint density at radius 1 is 1.55 bits per heavy atom. The van der Waals surface area contributed by atoms with Gasteiger partial charge in [-0.05, 0) is 13.3 Å². The van der Waals surface area contributed by atoms with Crippen molar-refractivity contribution in [1.82, 2.24) is 3.71 Å². The van der Waals surface area contributed by atoms with Gasteiger partial charge in [0.15, 0.2) is 0 Å². The van der Waals surface area contributed by atoms with Crippen LogP contribution in [0.15, 0.2) is 0 Å². The summed E-state index contributed by atoms with van der Waals surface area (Å²) in [6, 6.07) is -0.360. The molecule has 1 atom stereocenters. The van der Waals surface area contributed by atoms with Crippen molar-refractivity contribution in [2.45, 2.75) is 26.3 Å². The number of carbonyl (C=O) groups excluding carboxylic acids is 1. The molecule has 0 N–H and O–H groups in total. The van der Waals surface area contributed by atoms with Crippen LogP contribution >= 0.6 is 25.6 Å². The highest BCUT2D eigenvalue weighted by atomic mass is 32.2. The highest BCUT2D eigenvalue weighted by molar-refractivity contribution is 7.93. The Kier molecular flexibility index (Phi) is 5.81. The summed E-state index contributed by atoms with van der Waals surface area (Å²) < 4.78 is 6.04. The molecule has 0 heterocycles. The largest absolute Gasteiger partial charge is 0.465 e. The van der Waals surface area contributed by atoms with Crippen molar-refractivity contribution in [1.29, 1.82) is 0 Å². The number of nitrogens with zero attached hydrogens (tertiary/aromatic N) is 1. The summed E-state index contributed by atoms with van der Waals surface area (Å²) in [7, 11) is 0. The molecule has 0 aromatic rings. The molecule has 0 aromatic heterocycles. The van der Waals surface area contributed by atoms with E-state index in [-0.39, 0.29) is 12.0 Å². The van der Waals surface area contributed by atoms with E-state index in [1.807, 2.05) is 6.92 Å². The lowest BCUT2D eigenvalue weighted by molar-refractivity contribution is -0.146. The minimum atomic E-state index is -0.360. The first-order valence-electron chi connectivity index (χ1n) is 3.47. The summed E-state index contributed by atoms with van der Waals surface area (Å²) in [5.74, 6) is -0.278. The van der Waals surface area contributed by atoms with Gasteiger partial charge in [-0.1, -0.05) is 32.6 Å². The number of rotatable bonds is 4. The molecular formula is C6H13NO2S2. The first-order chi connectivity index (χ1) is 5.13. The second kappa shape index (κ2) is 5.74. The van der Waals surface area contributed by atoms with Crippen LogP contribution in [0, 0.1) is 0 Å². The molecule has 0 aromatic carbocycles. The lowest BCUT2D eigenvalue weighted by Crippen LogP contribution is -2.30. The maximum Gasteiger partial charge on any atom is 0.325 e. The maximum absolute atomic E-state index is 11.1. The molecule has 0 aliphatic heterocycles. The molecule has 3 nitrogen and oxygen atoms in total. The van der Waals surface area contributed by atoms with E-state index in [0.29, 0.717) is 13.0 Å². The molecule has 0 aliphatic carbocycles. The van der Waals surface area contributed by atoms with Gasteiger partial charge < -0.3 is 4.74 Å². The van der Waals surface area contributed by atoms with E-state index in [9.17, 15) is 4.79 Å². The summed E-state index contributed by atoms with van der Waals surface area (Å²) in [4.78, 5) is 11.1. The molecule has 1 unspecified atom stereocenters. The molecule has 0 fully saturated rings. The fourth-order valence-corrected chi connectivity index (χ4v) is 1.18. The molecule has 0 radical (unpaired) electrons. The monoisotopic (exact) mass is 195 g/mol. The van der Waals surface area contributed by atoms with Crippen molar-refractivity contribution in [3.8, 4) is 0 Å². The van der Waals surface area contributed by atoms with Gasteiger partial charge in [0.05, 0.1) is 6.61 Å². The highest BCUT2D eigenvalue weighted by Gasteiger charge is 2.20. The fourth-order valence-electron chi connectivity index (χ4n) is 0.663. The average Bonchev–Trinajstić information content (AvgIpc) is 1.88. The Balaban J connectivity index is 3.92. The quantitative estimate of drug-likeness (QED) is 0.524. The highest BCUT2D eigenvalue weighted by Crippen LogP contribution is 2.11. The van der Waals surface area contributed by atoms with Crippen LogP contribution in [0.5, 0.6) is 0 Å². The minimum absolute atomic E-state index is 0.278. The molecule has 5 heteroatoms. The molecule has 0 saturated carbocycles. The fraction of sp³-hybridized carbons (Fsp3) is 0.833. The van der Waals surface area contributed by atoms with Crippen LogP contribution in [0.25, 0.3) is 0 Å². The summed E-state index contributed by atoms with van der Waals surface area (Å²) in [5, 5.41) is 0. The minimum Gasteiger partial charge on any atom is -0.465 e. The SMILES string of the molecule is CCOC(=O)C(CC)N(S)S. The van der Waals surface area contributed by atoms with Crippen LogP contribution in [0.2, 0.25) is 0 Å². The van der Waals surface area contributed by atoms with Crippen molar-refractivity contribution in [3.05, 3.63) is 0 Å². The first kappa shape index (κ1) is 11.1. The maximum atomic E-state index is 11.1. The molecule has 0 bridgehead atoms. The van der Waals surface area contributed by atoms with E-state index >= 15 is 0 Å². The number of esters is 1. The zero-order valence-corrected chi connectivity index (χ0v) is 8.44. The summed E-state index contributed by atoms with van der Waals surface area (Å²) >= 11 is 7.80. The number of ether oxygens (including phenoxy) is 1. The Labute approximate surface area is 78.2 Å². The van der Waals surface area contributed by atoms with E-state index in [1.165, 1.54) is 3.71 Å². The van der Waals surface area contributed by atoms with E-state index in [0.717, 1.165) is 0 Å². The standard InChI is InChI=1S/C6H13NO2S2/c1-3-5(7(10)11)6(8)9-4-2/h5,10-11H,3-4H2,1-2H3. The Morgan fingerprint density at radius 3 is 2.36 bits per heavy atom. The predicted molar refractivity (Wildman–Crippen MR) is 50.5 cm³/mol. The number of hydrogen-bond donors (Lipinski definition) is 2. The van der Waals surface area contributed by atoms with Gasteiger partial charge in [-0.3, -0.25) is 4.79 Å². The van der Waals surface area contributed by atoms with Crippen LogP contribution in [-0.2, 0) is 9.53 Å². The molecule has 0 spiro atoms. The van der Waals surface area contributed by atoms with Crippen LogP contribution in [-0.4, -0.2) is 22.3 Å². The summed E-state index contributed by atoms with van der Waals surface area (Å²) in [6.07, 6.45) is 0.645. The van der Waals surface area contributed by atoms with E-state index in [4.69, 9.17) is 4.74 Å². The van der Waals surface area contributed by atoms with E-state index in [2.05, 4.69) is 25.6 Å². The zero-order valence-electron chi connectivity index (χ0n) is 6.65. The van der Waals surface area contributed by atoms with Crippen LogP contribution in [0.1, 0.15) is 20.3 Å². The number of hydrogen-bond acceptors (Lipinski definition) is 5. The van der Waals surface area contributed by atoms with E-state index < -0.39 is 0 Å². The second-order valence-corrected chi connectivity index (χ2v) is 3.17. The van der Waals surface area contributed by atoms with Crippen LogP contribution in [0.3, 0.4) is 0 Å². The first-order valence-corrected chi connectivity index (χ1v) is 4.27. The van der Waals surface area contributed by atoms with Gasteiger partial charge in [0.1, 0.15) is 6.04 Å². The van der Waals surface area contributed by atoms with Gasteiger partial charge in [0.2, 0.25) is 0 Å². The van der Waals surface area contributed by atoms with Gasteiger partial charge in [-0.2, -0.15) is 3.71 Å². The number of thiol groups is 2. The molecule has 0 aliphatic rings. The van der Waals surface area contributed by atoms with Gasteiger partial charge >= 0.3 is 5.97 Å². The summed E-state index contributed by atoms with van der Waals surface area (Å²) in [6.45, 7) is 4.04. The van der Waals surface area contributed by atoms with Gasteiger partial charge in [-0.15, -0.1) is 0 Å². The Morgan fingerprint density at radius 2 is 2.09 bits per heavy atom. The van der Waals surface area contributed by atoms with Gasteiger partial charge in [0.25, 0.3) is 0 Å². The Bertz CT molecular complexity index is 130. The molecule has 11 heavy (non-hydrogen) atoms. The third-order valence-corrected chi connectivity index (χ3v) is 1.78. The zero-order chi connectivity index (χ0) is 8.85. The third kappa shape index (κ3) is 3.88. The molecule has 66 valence electrons. The summed E-state index contributed by atoms with van der Waals surface area (Å²) in [5.41, 5.74) is 0. The van der Waals surface area contributed by atoms with Crippen molar-refractivity contribution in [2.75, 3.05) is 6.61 Å². The normalized spacial score (nSPS) is 13.2. The molecule has 0 rings (SSSR count). The topological polar surface area (TPSA) is 29.5 Å². The predicted octanol–water partition coefficient (Wildman–Crippen LogP) is 1.32. The molecule has 0 amide bonds. The van der Waals surface area contributed by atoms with Crippen molar-refractivity contribution >= 4 is 31.6 Å². The average molecular weight is 195 g/mol. The van der Waals surface area contributed by atoms with Crippen molar-refractivity contribution < 1.29 is 9.53 Å². The van der Waals surface area contributed by atoms with Gasteiger partial charge in [-0.25, -0.2) is 0 Å². The molecule has 0 saturated heterocycles. The molecular weight excluding hydrogens is 182 g/mol. The smallest absolute Gasteiger partial charge is 0.325 e. The lowest BCUT2D eigenvalue weighted by Gasteiger charge is -2.17. The van der Waals surface area contributed by atoms with Crippen LogP contribution < -0.4 is 0 Å². The third-order valence-electron chi connectivity index (χ3n) is 1.22. The van der Waals surface area contributed by atoms with Crippen LogP contribution in [0.4, 0.5) is 0 Å². The number of carbonyl (C=O) groups is 1. The Hall–Kier alpha value is 0.130. The van der Waals surface area contributed by atoms with Crippen molar-refractivity contribution in [2.24, 2.45) is 0 Å². The van der Waals surface area contributed by atoms with E-state index in [1.54, 1.807) is 6.92 Å². The lowest BCUT2D eigenvalue weighted by atomic mass is 10.2.